The zero-order valence-electron chi connectivity index (χ0n) is 13.9. The number of hydrogen-bond acceptors (Lipinski definition) is 4. The van der Waals surface area contributed by atoms with Crippen LogP contribution in [0.1, 0.15) is 18.9 Å². The highest BCUT2D eigenvalue weighted by Gasteiger charge is 2.07. The zero-order chi connectivity index (χ0) is 18.1. The molecule has 0 aliphatic rings. The molecule has 2 N–H and O–H groups in total. The number of benzene rings is 2. The van der Waals surface area contributed by atoms with Gasteiger partial charge < -0.3 is 15.4 Å². The number of aryl methyl sites for hydroxylation is 1. The van der Waals surface area contributed by atoms with E-state index in [-0.39, 0.29) is 18.9 Å². The summed E-state index contributed by atoms with van der Waals surface area (Å²) in [5, 5.41) is 13.8. The van der Waals surface area contributed by atoms with Crippen LogP contribution in [-0.4, -0.2) is 18.4 Å². The van der Waals surface area contributed by atoms with Crippen molar-refractivity contribution in [3.63, 3.8) is 0 Å². The van der Waals surface area contributed by atoms with Crippen molar-refractivity contribution in [1.82, 2.24) is 0 Å². The van der Waals surface area contributed by atoms with Gasteiger partial charge in [-0.25, -0.2) is 0 Å². The molecule has 6 heteroatoms. The Morgan fingerprint density at radius 1 is 1.04 bits per heavy atom. The predicted octanol–water partition coefficient (Wildman–Crippen LogP) is 3.12. The number of para-hydroxylation sites is 1. The third-order valence-corrected chi connectivity index (χ3v) is 3.38. The number of carbonyl (C=O) groups is 2. The molecule has 2 aromatic carbocycles. The van der Waals surface area contributed by atoms with E-state index in [2.05, 4.69) is 10.6 Å². The lowest BCUT2D eigenvalue weighted by Crippen LogP contribution is -2.20. The average molecular weight is 337 g/mol. The number of anilines is 2. The van der Waals surface area contributed by atoms with E-state index < -0.39 is 5.91 Å². The molecular formula is C19H19N3O3. The van der Waals surface area contributed by atoms with Gasteiger partial charge in [0.1, 0.15) is 12.2 Å². The maximum absolute atomic E-state index is 12.1. The van der Waals surface area contributed by atoms with Crippen molar-refractivity contribution >= 4 is 23.2 Å². The normalized spacial score (nSPS) is 9.76. The number of nitrogens with zero attached hydrogens (tertiary/aromatic N) is 1. The van der Waals surface area contributed by atoms with Crippen LogP contribution in [-0.2, 0) is 16.0 Å². The molecule has 0 atom stereocenters. The second kappa shape index (κ2) is 9.08. The first-order valence-electron chi connectivity index (χ1n) is 7.89. The monoisotopic (exact) mass is 337 g/mol. The van der Waals surface area contributed by atoms with Crippen molar-refractivity contribution in [3.05, 3.63) is 54.1 Å². The van der Waals surface area contributed by atoms with Gasteiger partial charge in [0.25, 0.3) is 5.91 Å². The van der Waals surface area contributed by atoms with Gasteiger partial charge in [0.15, 0.2) is 6.61 Å². The van der Waals surface area contributed by atoms with Gasteiger partial charge >= 0.3 is 0 Å². The first kappa shape index (κ1) is 18.0. The molecule has 0 saturated carbocycles. The second-order valence-corrected chi connectivity index (χ2v) is 5.26. The van der Waals surface area contributed by atoms with Crippen LogP contribution in [0.15, 0.2) is 48.5 Å². The largest absolute Gasteiger partial charge is 0.483 e. The standard InChI is InChI=1S/C19H19N3O3/c1-2-14-6-3-4-9-17(14)25-13-19(24)22-16-8-5-7-15(12-16)21-18(23)10-11-20/h3-9,12H,2,10,13H2,1H3,(H,21,23)(H,22,24). The Hall–Kier alpha value is -3.33. The number of ether oxygens (including phenoxy) is 1. The molecule has 0 aliphatic carbocycles. The van der Waals surface area contributed by atoms with E-state index in [1.165, 1.54) is 0 Å². The van der Waals surface area contributed by atoms with Gasteiger partial charge in [0, 0.05) is 11.4 Å². The molecule has 25 heavy (non-hydrogen) atoms. The average Bonchev–Trinajstić information content (AvgIpc) is 2.60. The molecular weight excluding hydrogens is 318 g/mol. The lowest BCUT2D eigenvalue weighted by molar-refractivity contribution is -0.118. The summed E-state index contributed by atoms with van der Waals surface area (Å²) in [6.07, 6.45) is 0.601. The van der Waals surface area contributed by atoms with Crippen LogP contribution in [0.2, 0.25) is 0 Å². The maximum Gasteiger partial charge on any atom is 0.262 e. The van der Waals surface area contributed by atoms with E-state index in [9.17, 15) is 9.59 Å². The Labute approximate surface area is 146 Å². The molecule has 2 rings (SSSR count). The predicted molar refractivity (Wildman–Crippen MR) is 95.2 cm³/mol. The molecule has 0 spiro atoms. The second-order valence-electron chi connectivity index (χ2n) is 5.26. The van der Waals surface area contributed by atoms with Gasteiger partial charge in [-0.1, -0.05) is 31.2 Å². The number of amides is 2. The Balaban J connectivity index is 1.92. The van der Waals surface area contributed by atoms with Crippen molar-refractivity contribution in [2.24, 2.45) is 0 Å². The molecule has 2 aromatic rings. The number of nitrogens with one attached hydrogen (secondary N) is 2. The van der Waals surface area contributed by atoms with Crippen LogP contribution in [0, 0.1) is 11.3 Å². The summed E-state index contributed by atoms with van der Waals surface area (Å²) < 4.78 is 5.57. The summed E-state index contributed by atoms with van der Waals surface area (Å²) >= 11 is 0. The Kier molecular flexibility index (Phi) is 6.55. The SMILES string of the molecule is CCc1ccccc1OCC(=O)Nc1cccc(NC(=O)CC#N)c1. The summed E-state index contributed by atoms with van der Waals surface area (Å²) in [5.74, 6) is -0.00504. The van der Waals surface area contributed by atoms with E-state index >= 15 is 0 Å². The van der Waals surface area contributed by atoms with Crippen molar-refractivity contribution in [1.29, 1.82) is 5.26 Å². The topological polar surface area (TPSA) is 91.2 Å². The van der Waals surface area contributed by atoms with Crippen LogP contribution in [0.4, 0.5) is 11.4 Å². The van der Waals surface area contributed by atoms with Crippen LogP contribution >= 0.6 is 0 Å². The summed E-state index contributed by atoms with van der Waals surface area (Å²) in [5.41, 5.74) is 2.08. The third kappa shape index (κ3) is 5.66. The molecule has 128 valence electrons. The lowest BCUT2D eigenvalue weighted by Gasteiger charge is -2.11. The van der Waals surface area contributed by atoms with Crippen LogP contribution in [0.5, 0.6) is 5.75 Å². The molecule has 0 heterocycles. The summed E-state index contributed by atoms with van der Waals surface area (Å²) in [4.78, 5) is 23.5. The number of carbonyl (C=O) groups excluding carboxylic acids is 2. The first-order chi connectivity index (χ1) is 12.1. The summed E-state index contributed by atoms with van der Waals surface area (Å²) in [7, 11) is 0. The molecule has 0 unspecified atom stereocenters. The molecule has 2 amide bonds. The van der Waals surface area contributed by atoms with Crippen LogP contribution < -0.4 is 15.4 Å². The number of nitriles is 1. The minimum Gasteiger partial charge on any atom is -0.483 e. The number of rotatable bonds is 7. The van der Waals surface area contributed by atoms with Crippen molar-refractivity contribution < 1.29 is 14.3 Å². The van der Waals surface area contributed by atoms with Gasteiger partial charge in [-0.2, -0.15) is 5.26 Å². The Morgan fingerprint density at radius 2 is 1.72 bits per heavy atom. The molecule has 0 aliphatic heterocycles. The fraction of sp³-hybridized carbons (Fsp3) is 0.211. The van der Waals surface area contributed by atoms with Gasteiger partial charge in [-0.05, 0) is 36.2 Å². The van der Waals surface area contributed by atoms with Crippen LogP contribution in [0.25, 0.3) is 0 Å². The van der Waals surface area contributed by atoms with E-state index in [4.69, 9.17) is 10.00 Å². The molecule has 0 saturated heterocycles. The van der Waals surface area contributed by atoms with Crippen molar-refractivity contribution in [3.8, 4) is 11.8 Å². The smallest absolute Gasteiger partial charge is 0.262 e. The highest BCUT2D eigenvalue weighted by atomic mass is 16.5. The fourth-order valence-electron chi connectivity index (χ4n) is 2.23. The van der Waals surface area contributed by atoms with E-state index in [1.54, 1.807) is 30.3 Å². The molecule has 6 nitrogen and oxygen atoms in total. The van der Waals surface area contributed by atoms with Crippen LogP contribution in [0.3, 0.4) is 0 Å². The third-order valence-electron chi connectivity index (χ3n) is 3.38. The summed E-state index contributed by atoms with van der Waals surface area (Å²) in [6.45, 7) is 1.91. The quantitative estimate of drug-likeness (QED) is 0.812. The highest BCUT2D eigenvalue weighted by molar-refractivity contribution is 5.95. The van der Waals surface area contributed by atoms with Gasteiger partial charge in [0.05, 0.1) is 6.07 Å². The minimum absolute atomic E-state index is 0.109. The highest BCUT2D eigenvalue weighted by Crippen LogP contribution is 2.19. The van der Waals surface area contributed by atoms with Crippen molar-refractivity contribution in [2.75, 3.05) is 17.2 Å². The summed E-state index contributed by atoms with van der Waals surface area (Å²) in [6, 6.07) is 16.1. The van der Waals surface area contributed by atoms with Crippen molar-refractivity contribution in [2.45, 2.75) is 19.8 Å². The minimum atomic E-state index is -0.398. The lowest BCUT2D eigenvalue weighted by atomic mass is 10.1. The van der Waals surface area contributed by atoms with Gasteiger partial charge in [0.2, 0.25) is 5.91 Å². The first-order valence-corrected chi connectivity index (χ1v) is 7.89. The van der Waals surface area contributed by atoms with Gasteiger partial charge in [-0.15, -0.1) is 0 Å². The Morgan fingerprint density at radius 3 is 2.40 bits per heavy atom. The molecule has 0 bridgehead atoms. The fourth-order valence-corrected chi connectivity index (χ4v) is 2.23. The maximum atomic E-state index is 12.1. The van der Waals surface area contributed by atoms with E-state index in [0.29, 0.717) is 17.1 Å². The molecule has 0 fully saturated rings. The van der Waals surface area contributed by atoms with E-state index in [1.807, 2.05) is 31.2 Å². The van der Waals surface area contributed by atoms with E-state index in [0.717, 1.165) is 12.0 Å². The molecule has 0 aromatic heterocycles. The Bertz CT molecular complexity index is 796. The number of hydrogen-bond donors (Lipinski definition) is 2. The molecule has 0 radical (unpaired) electrons. The zero-order valence-corrected chi connectivity index (χ0v) is 13.9. The van der Waals surface area contributed by atoms with Gasteiger partial charge in [-0.3, -0.25) is 9.59 Å².